The summed E-state index contributed by atoms with van der Waals surface area (Å²) in [6.45, 7) is 2.41. The molecule has 1 aromatic heterocycles. The Kier molecular flexibility index (Phi) is 6.04. The Hall–Kier alpha value is -2.14. The summed E-state index contributed by atoms with van der Waals surface area (Å²) >= 11 is 1.63. The molecule has 0 radical (unpaired) electrons. The zero-order valence-electron chi connectivity index (χ0n) is 17.2. The molecule has 1 atom stereocenters. The number of rotatable bonds is 4. The van der Waals surface area contributed by atoms with E-state index in [2.05, 4.69) is 5.32 Å². The molecule has 5 heteroatoms. The van der Waals surface area contributed by atoms with E-state index in [9.17, 15) is 9.59 Å². The Bertz CT molecular complexity index is 856. The molecule has 2 aliphatic rings. The lowest BCUT2D eigenvalue weighted by atomic mass is 9.82. The second-order valence-corrected chi connectivity index (χ2v) is 9.63. The van der Waals surface area contributed by atoms with E-state index in [0.717, 1.165) is 28.8 Å². The number of fused-ring (bicyclic) bond motifs is 1. The number of carbonyl (C=O) groups is 2. The number of nitrogens with zero attached hydrogens (tertiary/aromatic N) is 1. The third-order valence-electron chi connectivity index (χ3n) is 6.45. The van der Waals surface area contributed by atoms with Gasteiger partial charge in [-0.1, -0.05) is 56.4 Å². The first-order valence-electron chi connectivity index (χ1n) is 10.8. The van der Waals surface area contributed by atoms with Crippen LogP contribution in [-0.4, -0.2) is 28.3 Å². The van der Waals surface area contributed by atoms with Gasteiger partial charge in [-0.15, -0.1) is 11.3 Å². The highest BCUT2D eigenvalue weighted by Crippen LogP contribution is 2.33. The highest BCUT2D eigenvalue weighted by molar-refractivity contribution is 7.09. The van der Waals surface area contributed by atoms with Crippen LogP contribution in [0.4, 0.5) is 0 Å². The van der Waals surface area contributed by atoms with Crippen LogP contribution in [0.1, 0.15) is 72.7 Å². The van der Waals surface area contributed by atoms with Crippen molar-refractivity contribution in [3.63, 3.8) is 0 Å². The number of benzene rings is 1. The molecule has 1 unspecified atom stereocenters. The van der Waals surface area contributed by atoms with E-state index >= 15 is 0 Å². The molecule has 1 aromatic carbocycles. The van der Waals surface area contributed by atoms with Crippen LogP contribution in [0, 0.1) is 0 Å². The number of hydrogen-bond acceptors (Lipinski definition) is 3. The zero-order chi connectivity index (χ0) is 20.3. The van der Waals surface area contributed by atoms with E-state index in [-0.39, 0.29) is 17.9 Å². The van der Waals surface area contributed by atoms with Crippen LogP contribution < -0.4 is 5.32 Å². The summed E-state index contributed by atoms with van der Waals surface area (Å²) in [6, 6.07) is 12.0. The quantitative estimate of drug-likeness (QED) is 0.777. The van der Waals surface area contributed by atoms with Crippen LogP contribution >= 0.6 is 11.3 Å². The second-order valence-electron chi connectivity index (χ2n) is 8.59. The van der Waals surface area contributed by atoms with Gasteiger partial charge in [0.2, 0.25) is 5.91 Å². The van der Waals surface area contributed by atoms with Crippen LogP contribution in [0.15, 0.2) is 41.8 Å². The predicted molar refractivity (Wildman–Crippen MR) is 117 cm³/mol. The normalized spacial score (nSPS) is 23.2. The minimum atomic E-state index is -0.877. The van der Waals surface area contributed by atoms with Gasteiger partial charge in [0, 0.05) is 22.9 Å². The maximum absolute atomic E-state index is 13.6. The fraction of sp³-hybridized carbons (Fsp3) is 0.500. The molecule has 1 aliphatic heterocycles. The third kappa shape index (κ3) is 4.25. The van der Waals surface area contributed by atoms with Crippen molar-refractivity contribution in [3.05, 3.63) is 57.8 Å². The van der Waals surface area contributed by atoms with Crippen molar-refractivity contribution in [2.45, 2.75) is 76.4 Å². The predicted octanol–water partition coefficient (Wildman–Crippen LogP) is 4.93. The first kappa shape index (κ1) is 20.1. The highest BCUT2D eigenvalue weighted by atomic mass is 32.1. The summed E-state index contributed by atoms with van der Waals surface area (Å²) in [4.78, 5) is 29.9. The Labute approximate surface area is 177 Å². The van der Waals surface area contributed by atoms with Crippen molar-refractivity contribution in [3.8, 4) is 0 Å². The van der Waals surface area contributed by atoms with Gasteiger partial charge in [-0.25, -0.2) is 0 Å². The lowest BCUT2D eigenvalue weighted by Gasteiger charge is -2.44. The van der Waals surface area contributed by atoms with Gasteiger partial charge in [-0.2, -0.15) is 0 Å². The Morgan fingerprint density at radius 2 is 1.83 bits per heavy atom. The van der Waals surface area contributed by atoms with Crippen molar-refractivity contribution >= 4 is 23.2 Å². The minimum absolute atomic E-state index is 0.0116. The summed E-state index contributed by atoms with van der Waals surface area (Å²) in [5.74, 6) is -0.0574. The molecular formula is C24H30N2O2S. The molecule has 1 aliphatic carbocycles. The molecule has 0 saturated heterocycles. The van der Waals surface area contributed by atoms with Gasteiger partial charge >= 0.3 is 0 Å². The third-order valence-corrected chi connectivity index (χ3v) is 7.31. The first-order valence-corrected chi connectivity index (χ1v) is 11.7. The maximum atomic E-state index is 13.6. The van der Waals surface area contributed by atoms with Gasteiger partial charge in [0.05, 0.1) is 6.54 Å². The van der Waals surface area contributed by atoms with Crippen LogP contribution in [0.25, 0.3) is 0 Å². The fourth-order valence-electron chi connectivity index (χ4n) is 4.67. The van der Waals surface area contributed by atoms with E-state index < -0.39 is 5.54 Å². The van der Waals surface area contributed by atoms with Crippen molar-refractivity contribution in [2.24, 2.45) is 0 Å². The number of amides is 2. The minimum Gasteiger partial charge on any atom is -0.351 e. The van der Waals surface area contributed by atoms with Crippen molar-refractivity contribution < 1.29 is 9.59 Å². The smallest absolute Gasteiger partial charge is 0.255 e. The van der Waals surface area contributed by atoms with Crippen LogP contribution in [0.2, 0.25) is 0 Å². The summed E-state index contributed by atoms with van der Waals surface area (Å²) < 4.78 is 0. The molecule has 1 saturated carbocycles. The largest absolute Gasteiger partial charge is 0.351 e. The monoisotopic (exact) mass is 410 g/mol. The summed E-state index contributed by atoms with van der Waals surface area (Å²) in [6.07, 6.45) is 8.77. The lowest BCUT2D eigenvalue weighted by molar-refractivity contribution is -0.132. The fourth-order valence-corrected chi connectivity index (χ4v) is 5.36. The molecular weight excluding hydrogens is 380 g/mol. The molecule has 2 heterocycles. The molecule has 154 valence electrons. The van der Waals surface area contributed by atoms with Crippen molar-refractivity contribution in [2.75, 3.05) is 0 Å². The molecule has 0 bridgehead atoms. The molecule has 4 rings (SSSR count). The van der Waals surface area contributed by atoms with Gasteiger partial charge in [-0.05, 0) is 42.8 Å². The highest BCUT2D eigenvalue weighted by Gasteiger charge is 2.47. The molecule has 4 nitrogen and oxygen atoms in total. The van der Waals surface area contributed by atoms with Gasteiger partial charge in [0.1, 0.15) is 5.54 Å². The standard InChI is InChI=1S/C24H30N2O2S/c1-24(23(28)25-19-11-5-3-2-4-6-12-19)16-18-10-7-8-14-21(18)22(27)26(24)17-20-13-9-15-29-20/h7-10,13-15,19H,2-6,11-12,16-17H2,1H3,(H,25,28). The Balaban J connectivity index is 1.61. The number of nitrogens with one attached hydrogen (secondary N) is 1. The van der Waals surface area contributed by atoms with E-state index in [1.165, 1.54) is 32.1 Å². The SMILES string of the molecule is CC1(C(=O)NC2CCCCCCC2)Cc2ccccc2C(=O)N1Cc1cccs1. The van der Waals surface area contributed by atoms with Crippen molar-refractivity contribution in [1.29, 1.82) is 0 Å². The summed E-state index contributed by atoms with van der Waals surface area (Å²) in [5, 5.41) is 5.35. The molecule has 29 heavy (non-hydrogen) atoms. The summed E-state index contributed by atoms with van der Waals surface area (Å²) in [5.41, 5.74) is 0.813. The van der Waals surface area contributed by atoms with Crippen molar-refractivity contribution in [1.82, 2.24) is 10.2 Å². The van der Waals surface area contributed by atoms with E-state index in [4.69, 9.17) is 0 Å². The number of carbonyl (C=O) groups excluding carboxylic acids is 2. The average Bonchev–Trinajstić information content (AvgIpc) is 3.20. The summed E-state index contributed by atoms with van der Waals surface area (Å²) in [7, 11) is 0. The molecule has 0 spiro atoms. The van der Waals surface area contributed by atoms with Crippen LogP contribution in [0.5, 0.6) is 0 Å². The van der Waals surface area contributed by atoms with Gasteiger partial charge < -0.3 is 10.2 Å². The van der Waals surface area contributed by atoms with E-state index in [1.54, 1.807) is 16.2 Å². The average molecular weight is 411 g/mol. The van der Waals surface area contributed by atoms with Crippen LogP contribution in [0.3, 0.4) is 0 Å². The maximum Gasteiger partial charge on any atom is 0.255 e. The second kappa shape index (κ2) is 8.70. The molecule has 1 N–H and O–H groups in total. The van der Waals surface area contributed by atoms with Gasteiger partial charge in [0.15, 0.2) is 0 Å². The van der Waals surface area contributed by atoms with E-state index in [0.29, 0.717) is 13.0 Å². The van der Waals surface area contributed by atoms with Gasteiger partial charge in [0.25, 0.3) is 5.91 Å². The number of thiophene rings is 1. The topological polar surface area (TPSA) is 49.4 Å². The first-order chi connectivity index (χ1) is 14.1. The van der Waals surface area contributed by atoms with E-state index in [1.807, 2.05) is 48.7 Å². The molecule has 1 fully saturated rings. The van der Waals surface area contributed by atoms with Gasteiger partial charge in [-0.3, -0.25) is 9.59 Å². The number of hydrogen-bond donors (Lipinski definition) is 1. The van der Waals surface area contributed by atoms with Crippen LogP contribution in [-0.2, 0) is 17.8 Å². The Morgan fingerprint density at radius 1 is 1.10 bits per heavy atom. The zero-order valence-corrected chi connectivity index (χ0v) is 18.0. The molecule has 2 amide bonds. The lowest BCUT2D eigenvalue weighted by Crippen LogP contribution is -2.63. The Morgan fingerprint density at radius 3 is 2.55 bits per heavy atom. The molecule has 2 aromatic rings.